The Kier molecular flexibility index (Phi) is 3.61. The molecule has 0 aliphatic carbocycles. The molecule has 0 fully saturated rings. The van der Waals surface area contributed by atoms with Gasteiger partial charge in [0.25, 0.3) is 5.56 Å². The first-order valence-corrected chi connectivity index (χ1v) is 5.98. The molecule has 1 aromatic heterocycles. The molecule has 0 saturated carbocycles. The molecule has 0 saturated heterocycles. The van der Waals surface area contributed by atoms with Gasteiger partial charge in [0.05, 0.1) is 6.10 Å². The fourth-order valence-electron chi connectivity index (χ4n) is 1.33. The van der Waals surface area contributed by atoms with Crippen molar-refractivity contribution < 1.29 is 5.11 Å². The van der Waals surface area contributed by atoms with Crippen molar-refractivity contribution in [1.29, 1.82) is 0 Å². The maximum Gasteiger partial charge on any atom is 0.251 e. The maximum atomic E-state index is 11.1. The molecule has 4 nitrogen and oxygen atoms in total. The maximum absolute atomic E-state index is 11.1. The highest BCUT2D eigenvalue weighted by atomic mass is 32.2. The number of nitrogens with one attached hydrogen (secondary N) is 1. The van der Waals surface area contributed by atoms with Crippen molar-refractivity contribution in [2.75, 3.05) is 0 Å². The molecule has 1 aromatic carbocycles. The lowest BCUT2D eigenvalue weighted by Gasteiger charge is -2.05. The molecule has 0 aliphatic rings. The summed E-state index contributed by atoms with van der Waals surface area (Å²) in [6.45, 7) is 1.72. The monoisotopic (exact) mass is 248 g/mol. The van der Waals surface area contributed by atoms with E-state index in [9.17, 15) is 9.90 Å². The second kappa shape index (κ2) is 5.16. The van der Waals surface area contributed by atoms with Gasteiger partial charge >= 0.3 is 0 Å². The van der Waals surface area contributed by atoms with Crippen molar-refractivity contribution in [3.63, 3.8) is 0 Å². The number of hydrogen-bond donors (Lipinski definition) is 2. The molecule has 88 valence electrons. The summed E-state index contributed by atoms with van der Waals surface area (Å²) in [5.74, 6) is 0. The molecule has 1 atom stereocenters. The van der Waals surface area contributed by atoms with E-state index >= 15 is 0 Å². The summed E-state index contributed by atoms with van der Waals surface area (Å²) >= 11 is 1.37. The predicted octanol–water partition coefficient (Wildman–Crippen LogP) is 1.97. The standard InChI is InChI=1S/C12H12N2O2S/c1-8(15)9-2-4-10(5-3-9)17-12-13-7-6-11(16)14-12/h2-8,15H,1H3,(H,13,14,16). The fraction of sp³-hybridized carbons (Fsp3) is 0.167. The van der Waals surface area contributed by atoms with Gasteiger partial charge in [-0.1, -0.05) is 23.9 Å². The van der Waals surface area contributed by atoms with E-state index in [0.717, 1.165) is 10.5 Å². The number of aromatic nitrogens is 2. The van der Waals surface area contributed by atoms with Crippen LogP contribution in [0.5, 0.6) is 0 Å². The quantitative estimate of drug-likeness (QED) is 0.815. The molecule has 2 rings (SSSR count). The van der Waals surface area contributed by atoms with Crippen LogP contribution in [0.1, 0.15) is 18.6 Å². The number of H-pyrrole nitrogens is 1. The van der Waals surface area contributed by atoms with E-state index in [4.69, 9.17) is 0 Å². The molecular weight excluding hydrogens is 236 g/mol. The third-order valence-corrected chi connectivity index (χ3v) is 3.13. The number of benzene rings is 1. The molecule has 0 spiro atoms. The average Bonchev–Trinajstić information content (AvgIpc) is 2.29. The summed E-state index contributed by atoms with van der Waals surface area (Å²) in [5, 5.41) is 9.93. The van der Waals surface area contributed by atoms with Gasteiger partial charge in [0, 0.05) is 17.2 Å². The molecule has 2 N–H and O–H groups in total. The molecule has 5 heteroatoms. The van der Waals surface area contributed by atoms with Gasteiger partial charge in [0.1, 0.15) is 0 Å². The van der Waals surface area contributed by atoms with Gasteiger partial charge in [-0.25, -0.2) is 4.98 Å². The topological polar surface area (TPSA) is 66.0 Å². The smallest absolute Gasteiger partial charge is 0.251 e. The van der Waals surface area contributed by atoms with Gasteiger partial charge in [-0.15, -0.1) is 0 Å². The van der Waals surface area contributed by atoms with Gasteiger partial charge in [-0.2, -0.15) is 0 Å². The van der Waals surface area contributed by atoms with Crippen LogP contribution in [0.3, 0.4) is 0 Å². The Morgan fingerprint density at radius 2 is 2.00 bits per heavy atom. The SMILES string of the molecule is CC(O)c1ccc(Sc2nccc(=O)[nH]2)cc1. The fourth-order valence-corrected chi connectivity index (χ4v) is 2.09. The minimum atomic E-state index is -0.469. The minimum absolute atomic E-state index is 0.164. The summed E-state index contributed by atoms with van der Waals surface area (Å²) in [4.78, 5) is 18.7. The molecule has 0 aliphatic heterocycles. The Morgan fingerprint density at radius 1 is 1.29 bits per heavy atom. The highest BCUT2D eigenvalue weighted by Gasteiger charge is 2.02. The van der Waals surface area contributed by atoms with Crippen LogP contribution in [0.2, 0.25) is 0 Å². The van der Waals surface area contributed by atoms with Gasteiger partial charge in [0.2, 0.25) is 0 Å². The Labute approximate surface area is 103 Å². The zero-order valence-corrected chi connectivity index (χ0v) is 10.1. The van der Waals surface area contributed by atoms with Crippen LogP contribution in [-0.2, 0) is 0 Å². The molecule has 1 heterocycles. The van der Waals surface area contributed by atoms with Crippen LogP contribution in [-0.4, -0.2) is 15.1 Å². The average molecular weight is 248 g/mol. The molecular formula is C12H12N2O2S. The van der Waals surface area contributed by atoms with Crippen LogP contribution in [0, 0.1) is 0 Å². The van der Waals surface area contributed by atoms with E-state index in [0.29, 0.717) is 5.16 Å². The van der Waals surface area contributed by atoms with Crippen molar-refractivity contribution in [3.8, 4) is 0 Å². The van der Waals surface area contributed by atoms with E-state index < -0.39 is 6.10 Å². The normalized spacial score (nSPS) is 12.4. The van der Waals surface area contributed by atoms with Crippen LogP contribution in [0.4, 0.5) is 0 Å². The van der Waals surface area contributed by atoms with Crippen LogP contribution >= 0.6 is 11.8 Å². The van der Waals surface area contributed by atoms with Gasteiger partial charge in [-0.3, -0.25) is 4.79 Å². The predicted molar refractivity (Wildman–Crippen MR) is 66.1 cm³/mol. The number of aliphatic hydroxyl groups is 1. The first-order chi connectivity index (χ1) is 8.15. The third kappa shape index (κ3) is 3.18. The molecule has 17 heavy (non-hydrogen) atoms. The first kappa shape index (κ1) is 11.9. The summed E-state index contributed by atoms with van der Waals surface area (Å²) in [6, 6.07) is 8.86. The first-order valence-electron chi connectivity index (χ1n) is 5.16. The summed E-state index contributed by atoms with van der Waals surface area (Å²) in [7, 11) is 0. The van der Waals surface area contributed by atoms with Crippen molar-refractivity contribution in [1.82, 2.24) is 9.97 Å². The summed E-state index contributed by atoms with van der Waals surface area (Å²) in [6.07, 6.45) is 1.01. The molecule has 0 amide bonds. The Hall–Kier alpha value is -1.59. The zero-order chi connectivity index (χ0) is 12.3. The largest absolute Gasteiger partial charge is 0.389 e. The Bertz CT molecular complexity index is 549. The molecule has 1 unspecified atom stereocenters. The minimum Gasteiger partial charge on any atom is -0.389 e. The van der Waals surface area contributed by atoms with E-state index in [-0.39, 0.29) is 5.56 Å². The van der Waals surface area contributed by atoms with Gasteiger partial charge in [0.15, 0.2) is 5.16 Å². The lowest BCUT2D eigenvalue weighted by molar-refractivity contribution is 0.199. The third-order valence-electron chi connectivity index (χ3n) is 2.22. The number of hydrogen-bond acceptors (Lipinski definition) is 4. The van der Waals surface area contributed by atoms with Crippen LogP contribution in [0.15, 0.2) is 51.4 Å². The van der Waals surface area contributed by atoms with Gasteiger partial charge < -0.3 is 10.1 Å². The van der Waals surface area contributed by atoms with E-state index in [1.54, 1.807) is 6.92 Å². The van der Waals surface area contributed by atoms with E-state index in [1.165, 1.54) is 24.0 Å². The molecule has 0 radical (unpaired) electrons. The lowest BCUT2D eigenvalue weighted by atomic mass is 10.1. The second-order valence-corrected chi connectivity index (χ2v) is 4.65. The van der Waals surface area contributed by atoms with E-state index in [1.807, 2.05) is 24.3 Å². The van der Waals surface area contributed by atoms with Gasteiger partial charge in [-0.05, 0) is 24.6 Å². The Morgan fingerprint density at radius 3 is 2.59 bits per heavy atom. The Balaban J connectivity index is 2.16. The summed E-state index contributed by atoms with van der Waals surface area (Å²) < 4.78 is 0. The molecule has 2 aromatic rings. The zero-order valence-electron chi connectivity index (χ0n) is 9.25. The number of nitrogens with zero attached hydrogens (tertiary/aromatic N) is 1. The lowest BCUT2D eigenvalue weighted by Crippen LogP contribution is -2.04. The van der Waals surface area contributed by atoms with Crippen LogP contribution in [0.25, 0.3) is 0 Å². The van der Waals surface area contributed by atoms with Crippen molar-refractivity contribution in [3.05, 3.63) is 52.4 Å². The highest BCUT2D eigenvalue weighted by molar-refractivity contribution is 7.99. The number of aromatic amines is 1. The highest BCUT2D eigenvalue weighted by Crippen LogP contribution is 2.24. The van der Waals surface area contributed by atoms with Crippen LogP contribution < -0.4 is 5.56 Å². The van der Waals surface area contributed by atoms with E-state index in [2.05, 4.69) is 9.97 Å². The number of rotatable bonds is 3. The van der Waals surface area contributed by atoms with Crippen molar-refractivity contribution in [2.24, 2.45) is 0 Å². The van der Waals surface area contributed by atoms with Crippen molar-refractivity contribution >= 4 is 11.8 Å². The second-order valence-electron chi connectivity index (χ2n) is 3.59. The van der Waals surface area contributed by atoms with Crippen molar-refractivity contribution in [2.45, 2.75) is 23.1 Å². The molecule has 0 bridgehead atoms. The number of aliphatic hydroxyl groups excluding tert-OH is 1. The summed E-state index contributed by atoms with van der Waals surface area (Å²) in [5.41, 5.74) is 0.701.